The first kappa shape index (κ1) is 17.8. The van der Waals surface area contributed by atoms with Gasteiger partial charge in [-0.25, -0.2) is 4.68 Å². The lowest BCUT2D eigenvalue weighted by Crippen LogP contribution is -2.08. The number of aryl methyl sites for hydroxylation is 2. The van der Waals surface area contributed by atoms with Crippen molar-refractivity contribution in [2.24, 2.45) is 0 Å². The second-order valence-corrected chi connectivity index (χ2v) is 7.40. The molecule has 0 radical (unpaired) electrons. The van der Waals surface area contributed by atoms with Gasteiger partial charge in [0.25, 0.3) is 0 Å². The molecule has 0 unspecified atom stereocenters. The quantitative estimate of drug-likeness (QED) is 0.426. The molecular formula is C23H20N4OS. The molecule has 0 bridgehead atoms. The van der Waals surface area contributed by atoms with E-state index in [0.29, 0.717) is 6.01 Å². The number of benzene rings is 3. The number of para-hydroxylation sites is 2. The van der Waals surface area contributed by atoms with E-state index in [1.54, 1.807) is 7.11 Å². The first-order valence-electron chi connectivity index (χ1n) is 9.50. The second kappa shape index (κ2) is 7.29. The maximum Gasteiger partial charge on any atom is 0.335 e. The zero-order chi connectivity index (χ0) is 19.8. The lowest BCUT2D eigenvalue weighted by Gasteiger charge is -2.09. The number of methoxy groups -OCH3 is 1. The fourth-order valence-corrected chi connectivity index (χ4v) is 3.98. The number of hydrogen-bond donors (Lipinski definition) is 1. The van der Waals surface area contributed by atoms with E-state index < -0.39 is 0 Å². The van der Waals surface area contributed by atoms with E-state index in [4.69, 9.17) is 4.74 Å². The minimum atomic E-state index is 0.372. The molecule has 2 aromatic heterocycles. The monoisotopic (exact) mass is 400 g/mol. The predicted molar refractivity (Wildman–Crippen MR) is 118 cm³/mol. The van der Waals surface area contributed by atoms with Crippen LogP contribution in [0.5, 0.6) is 6.01 Å². The van der Waals surface area contributed by atoms with Gasteiger partial charge in [-0.1, -0.05) is 36.4 Å². The Kier molecular flexibility index (Phi) is 4.48. The van der Waals surface area contributed by atoms with Crippen LogP contribution < -0.4 is 4.74 Å². The number of hydrogen-bond acceptors (Lipinski definition) is 4. The lowest BCUT2D eigenvalue weighted by molar-refractivity contribution is 0.379. The third-order valence-electron chi connectivity index (χ3n) is 5.17. The molecular weight excluding hydrogens is 380 g/mol. The molecule has 3 aromatic carbocycles. The highest BCUT2D eigenvalue weighted by Gasteiger charge is 2.14. The van der Waals surface area contributed by atoms with Crippen LogP contribution >= 0.6 is 12.6 Å². The van der Waals surface area contributed by atoms with Crippen molar-refractivity contribution >= 4 is 34.4 Å². The predicted octanol–water partition coefficient (Wildman–Crippen LogP) is 4.92. The average molecular weight is 401 g/mol. The van der Waals surface area contributed by atoms with Gasteiger partial charge in [-0.3, -0.25) is 0 Å². The zero-order valence-corrected chi connectivity index (χ0v) is 16.9. The van der Waals surface area contributed by atoms with Crippen LogP contribution in [0, 0.1) is 0 Å². The van der Waals surface area contributed by atoms with E-state index in [1.807, 2.05) is 28.9 Å². The van der Waals surface area contributed by atoms with Crippen LogP contribution in [0.2, 0.25) is 0 Å². The van der Waals surface area contributed by atoms with Gasteiger partial charge in [0, 0.05) is 39.7 Å². The van der Waals surface area contributed by atoms with Crippen LogP contribution in [0.4, 0.5) is 0 Å². The first-order chi connectivity index (χ1) is 14.2. The molecule has 2 heterocycles. The molecule has 0 aliphatic rings. The maximum atomic E-state index is 5.29. The summed E-state index contributed by atoms with van der Waals surface area (Å²) in [6, 6.07) is 25.3. The van der Waals surface area contributed by atoms with Crippen LogP contribution in [-0.2, 0) is 13.0 Å². The summed E-state index contributed by atoms with van der Waals surface area (Å²) in [6.07, 6.45) is 0.724. The Hall–Kier alpha value is -3.25. The summed E-state index contributed by atoms with van der Waals surface area (Å²) >= 11 is 4.37. The number of rotatable bonds is 5. The number of thiol groups is 1. The molecule has 0 amide bonds. The molecule has 29 heavy (non-hydrogen) atoms. The van der Waals surface area contributed by atoms with Gasteiger partial charge in [-0.15, -0.1) is 17.7 Å². The van der Waals surface area contributed by atoms with Crippen molar-refractivity contribution in [3.63, 3.8) is 0 Å². The summed E-state index contributed by atoms with van der Waals surface area (Å²) in [5.41, 5.74) is 3.40. The highest BCUT2D eigenvalue weighted by molar-refractivity contribution is 7.80. The van der Waals surface area contributed by atoms with Crippen molar-refractivity contribution in [2.45, 2.75) is 17.9 Å². The van der Waals surface area contributed by atoms with Gasteiger partial charge in [0.05, 0.1) is 12.8 Å². The molecule has 6 heteroatoms. The van der Waals surface area contributed by atoms with Crippen molar-refractivity contribution < 1.29 is 4.74 Å². The summed E-state index contributed by atoms with van der Waals surface area (Å²) < 4.78 is 9.49. The summed E-state index contributed by atoms with van der Waals surface area (Å²) in [6.45, 7) is 0.792. The Morgan fingerprint density at radius 2 is 1.48 bits per heavy atom. The molecule has 5 aromatic rings. The van der Waals surface area contributed by atoms with Crippen LogP contribution in [0.1, 0.15) is 5.82 Å². The Bertz CT molecular complexity index is 1250. The number of fused-ring (bicyclic) bond motifs is 3. The smallest absolute Gasteiger partial charge is 0.335 e. The van der Waals surface area contributed by atoms with E-state index in [1.165, 1.54) is 21.8 Å². The van der Waals surface area contributed by atoms with Crippen molar-refractivity contribution in [1.29, 1.82) is 0 Å². The Morgan fingerprint density at radius 3 is 2.10 bits per heavy atom. The van der Waals surface area contributed by atoms with Crippen LogP contribution in [-0.4, -0.2) is 26.4 Å². The fraction of sp³-hybridized carbons (Fsp3) is 0.130. The summed E-state index contributed by atoms with van der Waals surface area (Å²) in [5.74, 6) is 0.857. The molecule has 0 aliphatic carbocycles. The van der Waals surface area contributed by atoms with Gasteiger partial charge in [0.1, 0.15) is 5.82 Å². The van der Waals surface area contributed by atoms with Crippen LogP contribution in [0.25, 0.3) is 27.5 Å². The summed E-state index contributed by atoms with van der Waals surface area (Å²) in [7, 11) is 1.59. The van der Waals surface area contributed by atoms with Crippen LogP contribution in [0.15, 0.2) is 77.7 Å². The number of aromatic nitrogens is 4. The van der Waals surface area contributed by atoms with Crippen molar-refractivity contribution in [3.8, 4) is 11.7 Å². The topological polar surface area (TPSA) is 44.9 Å². The first-order valence-corrected chi connectivity index (χ1v) is 9.94. The molecule has 0 N–H and O–H groups in total. The largest absolute Gasteiger partial charge is 0.466 e. The SMILES string of the molecule is COc1nc(CCn2c3ccccc3c3ccccc32)n(-c2ccc(S)cc2)n1. The van der Waals surface area contributed by atoms with E-state index in [0.717, 1.165) is 29.4 Å². The van der Waals surface area contributed by atoms with E-state index >= 15 is 0 Å². The summed E-state index contributed by atoms with van der Waals surface area (Å²) in [4.78, 5) is 5.49. The maximum absolute atomic E-state index is 5.29. The summed E-state index contributed by atoms with van der Waals surface area (Å²) in [5, 5.41) is 7.04. The molecule has 0 atom stereocenters. The molecule has 0 aliphatic heterocycles. The fourth-order valence-electron chi connectivity index (χ4n) is 3.83. The number of ether oxygens (including phenoxy) is 1. The molecule has 5 rings (SSSR count). The highest BCUT2D eigenvalue weighted by Crippen LogP contribution is 2.29. The Balaban J connectivity index is 1.55. The van der Waals surface area contributed by atoms with Gasteiger partial charge in [-0.2, -0.15) is 4.98 Å². The van der Waals surface area contributed by atoms with Gasteiger partial charge in [0.2, 0.25) is 0 Å². The molecule has 0 spiro atoms. The lowest BCUT2D eigenvalue weighted by atomic mass is 10.2. The second-order valence-electron chi connectivity index (χ2n) is 6.88. The average Bonchev–Trinajstić information content (AvgIpc) is 3.32. The molecule has 0 saturated heterocycles. The molecule has 5 nitrogen and oxygen atoms in total. The van der Waals surface area contributed by atoms with Crippen molar-refractivity contribution in [3.05, 3.63) is 78.6 Å². The van der Waals surface area contributed by atoms with Crippen molar-refractivity contribution in [2.75, 3.05) is 7.11 Å². The minimum absolute atomic E-state index is 0.372. The standard InChI is InChI=1S/C23H20N4OS/c1-28-23-24-22(27(25-23)16-10-12-17(29)13-11-16)14-15-26-20-8-4-2-6-18(20)19-7-3-5-9-21(19)26/h2-13,29H,14-15H2,1H3. The zero-order valence-electron chi connectivity index (χ0n) is 16.0. The molecule has 0 fully saturated rings. The normalized spacial score (nSPS) is 11.4. The van der Waals surface area contributed by atoms with E-state index in [9.17, 15) is 0 Å². The highest BCUT2D eigenvalue weighted by atomic mass is 32.1. The Labute approximate surface area is 174 Å². The molecule has 0 saturated carbocycles. The van der Waals surface area contributed by atoms with Gasteiger partial charge in [0.15, 0.2) is 0 Å². The minimum Gasteiger partial charge on any atom is -0.466 e. The number of nitrogens with zero attached hydrogens (tertiary/aromatic N) is 4. The Morgan fingerprint density at radius 1 is 0.862 bits per heavy atom. The van der Waals surface area contributed by atoms with E-state index in [2.05, 4.69) is 75.8 Å². The third kappa shape index (κ3) is 3.15. The van der Waals surface area contributed by atoms with Gasteiger partial charge < -0.3 is 9.30 Å². The van der Waals surface area contributed by atoms with Crippen LogP contribution in [0.3, 0.4) is 0 Å². The van der Waals surface area contributed by atoms with E-state index in [-0.39, 0.29) is 0 Å². The van der Waals surface area contributed by atoms with Gasteiger partial charge in [-0.05, 0) is 36.4 Å². The molecule has 144 valence electrons. The third-order valence-corrected chi connectivity index (χ3v) is 5.47. The van der Waals surface area contributed by atoms with Gasteiger partial charge >= 0.3 is 6.01 Å². The van der Waals surface area contributed by atoms with Crippen molar-refractivity contribution in [1.82, 2.24) is 19.3 Å².